The predicted molar refractivity (Wildman–Crippen MR) is 104 cm³/mol. The smallest absolute Gasteiger partial charge is 0.236 e. The zero-order valence-electron chi connectivity index (χ0n) is 15.7. The Bertz CT molecular complexity index is 978. The van der Waals surface area contributed by atoms with Gasteiger partial charge in [0.25, 0.3) is 0 Å². The molecule has 0 saturated heterocycles. The second-order valence-corrected chi connectivity index (χ2v) is 8.10. The topological polar surface area (TPSA) is 64.2 Å². The molecule has 3 aromatic rings. The van der Waals surface area contributed by atoms with Crippen molar-refractivity contribution in [3.63, 3.8) is 0 Å². The van der Waals surface area contributed by atoms with E-state index in [-0.39, 0.29) is 11.2 Å². The van der Waals surface area contributed by atoms with Crippen molar-refractivity contribution in [2.45, 2.75) is 37.2 Å². The minimum Gasteiger partial charge on any atom is -0.469 e. The summed E-state index contributed by atoms with van der Waals surface area (Å²) in [5.74, 6) is 1.69. The minimum atomic E-state index is -0.226. The molecule has 0 spiro atoms. The van der Waals surface area contributed by atoms with E-state index in [0.717, 1.165) is 35.3 Å². The molecule has 0 aliphatic carbocycles. The lowest BCUT2D eigenvalue weighted by atomic mass is 10.00. The van der Waals surface area contributed by atoms with Gasteiger partial charge in [-0.05, 0) is 37.5 Å². The minimum absolute atomic E-state index is 0.138. The Morgan fingerprint density at radius 2 is 2.00 bits per heavy atom. The van der Waals surface area contributed by atoms with Crippen LogP contribution in [-0.4, -0.2) is 37.4 Å². The van der Waals surface area contributed by atoms with Crippen LogP contribution in [0.3, 0.4) is 0 Å². The van der Waals surface area contributed by atoms with E-state index in [9.17, 15) is 4.79 Å². The van der Waals surface area contributed by atoms with Crippen molar-refractivity contribution in [1.82, 2.24) is 19.7 Å². The van der Waals surface area contributed by atoms with Crippen LogP contribution in [0.5, 0.6) is 0 Å². The first kappa shape index (κ1) is 17.9. The molecular weight excluding hydrogens is 360 g/mol. The van der Waals surface area contributed by atoms with E-state index < -0.39 is 0 Å². The van der Waals surface area contributed by atoms with Gasteiger partial charge in [0.1, 0.15) is 5.76 Å². The number of fused-ring (bicyclic) bond motifs is 1. The number of thioether (sulfide) groups is 1. The van der Waals surface area contributed by atoms with Crippen LogP contribution < -0.4 is 0 Å². The van der Waals surface area contributed by atoms with E-state index in [1.807, 2.05) is 42.5 Å². The third-order valence-corrected chi connectivity index (χ3v) is 6.13. The summed E-state index contributed by atoms with van der Waals surface area (Å²) in [4.78, 5) is 14.9. The van der Waals surface area contributed by atoms with Crippen LogP contribution in [0.25, 0.3) is 11.4 Å². The first-order valence-electron chi connectivity index (χ1n) is 9.00. The second kappa shape index (κ2) is 7.23. The highest BCUT2D eigenvalue weighted by molar-refractivity contribution is 8.00. The summed E-state index contributed by atoms with van der Waals surface area (Å²) >= 11 is 1.44. The fourth-order valence-electron chi connectivity index (χ4n) is 3.42. The number of nitrogens with zero attached hydrogens (tertiary/aromatic N) is 4. The SMILES string of the molecule is Cc1occc1-c1nnc(S[C@@H](C)C(=O)N2CCc3ccccc3C2)n1C. The number of carbonyl (C=O) groups is 1. The Balaban J connectivity index is 1.47. The maximum atomic E-state index is 12.9. The fraction of sp³-hybridized carbons (Fsp3) is 0.350. The maximum Gasteiger partial charge on any atom is 0.236 e. The molecule has 1 aliphatic heterocycles. The number of furan rings is 1. The van der Waals surface area contributed by atoms with Crippen LogP contribution in [0.1, 0.15) is 23.8 Å². The average Bonchev–Trinajstić information content (AvgIpc) is 3.26. The van der Waals surface area contributed by atoms with Gasteiger partial charge in [-0.15, -0.1) is 10.2 Å². The highest BCUT2D eigenvalue weighted by Crippen LogP contribution is 2.29. The Morgan fingerprint density at radius 3 is 2.74 bits per heavy atom. The molecule has 27 heavy (non-hydrogen) atoms. The largest absolute Gasteiger partial charge is 0.469 e. The molecule has 2 aromatic heterocycles. The van der Waals surface area contributed by atoms with Gasteiger partial charge >= 0.3 is 0 Å². The van der Waals surface area contributed by atoms with Crippen LogP contribution >= 0.6 is 11.8 Å². The van der Waals surface area contributed by atoms with Gasteiger partial charge in [0.2, 0.25) is 5.91 Å². The van der Waals surface area contributed by atoms with Gasteiger partial charge in [-0.3, -0.25) is 4.79 Å². The normalized spacial score (nSPS) is 14.9. The lowest BCUT2D eigenvalue weighted by Gasteiger charge is -2.30. The molecule has 0 unspecified atom stereocenters. The number of rotatable bonds is 4. The third kappa shape index (κ3) is 3.39. The van der Waals surface area contributed by atoms with Gasteiger partial charge in [-0.25, -0.2) is 0 Å². The monoisotopic (exact) mass is 382 g/mol. The van der Waals surface area contributed by atoms with E-state index in [1.165, 1.54) is 22.9 Å². The highest BCUT2D eigenvalue weighted by atomic mass is 32.2. The van der Waals surface area contributed by atoms with Crippen molar-refractivity contribution < 1.29 is 9.21 Å². The second-order valence-electron chi connectivity index (χ2n) is 6.79. The summed E-state index contributed by atoms with van der Waals surface area (Å²) < 4.78 is 7.28. The molecule has 7 heteroatoms. The quantitative estimate of drug-likeness (QED) is 0.647. The lowest BCUT2D eigenvalue weighted by Crippen LogP contribution is -2.40. The van der Waals surface area contributed by atoms with E-state index in [1.54, 1.807) is 6.26 Å². The molecular formula is C20H22N4O2S. The van der Waals surface area contributed by atoms with Crippen molar-refractivity contribution in [2.75, 3.05) is 6.54 Å². The molecule has 6 nitrogen and oxygen atoms in total. The molecule has 0 bridgehead atoms. The van der Waals surface area contributed by atoms with Crippen LogP contribution in [0.2, 0.25) is 0 Å². The highest BCUT2D eigenvalue weighted by Gasteiger charge is 2.27. The Morgan fingerprint density at radius 1 is 1.22 bits per heavy atom. The molecule has 0 N–H and O–H groups in total. The van der Waals surface area contributed by atoms with Crippen LogP contribution in [0.15, 0.2) is 46.2 Å². The summed E-state index contributed by atoms with van der Waals surface area (Å²) in [5, 5.41) is 9.06. The number of aryl methyl sites for hydroxylation is 1. The standard InChI is InChI=1S/C20H22N4O2S/c1-13-17(9-11-26-13)18-21-22-20(23(18)3)27-14(2)19(25)24-10-8-15-6-4-5-7-16(15)12-24/h4-7,9,11,14H,8,10,12H2,1-3H3/t14-/m0/s1. The van der Waals surface area contributed by atoms with E-state index in [2.05, 4.69) is 28.4 Å². The van der Waals surface area contributed by atoms with Crippen molar-refractivity contribution in [1.29, 1.82) is 0 Å². The molecule has 3 heterocycles. The number of hydrogen-bond donors (Lipinski definition) is 0. The van der Waals surface area contributed by atoms with Gasteiger partial charge in [0.05, 0.1) is 17.1 Å². The average molecular weight is 382 g/mol. The number of hydrogen-bond acceptors (Lipinski definition) is 5. The van der Waals surface area contributed by atoms with Crippen LogP contribution in [0, 0.1) is 6.92 Å². The number of carbonyl (C=O) groups excluding carboxylic acids is 1. The van der Waals surface area contributed by atoms with Gasteiger partial charge in [0.15, 0.2) is 11.0 Å². The molecule has 140 valence electrons. The van der Waals surface area contributed by atoms with Gasteiger partial charge in [0, 0.05) is 20.1 Å². The van der Waals surface area contributed by atoms with Gasteiger partial charge < -0.3 is 13.9 Å². The van der Waals surface area contributed by atoms with Crippen LogP contribution in [-0.2, 0) is 24.8 Å². The zero-order chi connectivity index (χ0) is 19.0. The Labute approximate surface area is 162 Å². The van der Waals surface area contributed by atoms with Crippen molar-refractivity contribution in [3.8, 4) is 11.4 Å². The summed E-state index contributed by atoms with van der Waals surface area (Å²) in [5.41, 5.74) is 3.50. The van der Waals surface area contributed by atoms with E-state index >= 15 is 0 Å². The fourth-order valence-corrected chi connectivity index (χ4v) is 4.32. The van der Waals surface area contributed by atoms with Crippen molar-refractivity contribution in [2.24, 2.45) is 7.05 Å². The van der Waals surface area contributed by atoms with Crippen molar-refractivity contribution >= 4 is 17.7 Å². The summed E-state index contributed by atoms with van der Waals surface area (Å²) in [7, 11) is 1.92. The predicted octanol–water partition coefficient (Wildman–Crippen LogP) is 3.45. The zero-order valence-corrected chi connectivity index (χ0v) is 16.5. The van der Waals surface area contributed by atoms with Gasteiger partial charge in [-0.2, -0.15) is 0 Å². The number of aromatic nitrogens is 3. The summed E-state index contributed by atoms with van der Waals surface area (Å²) in [6.07, 6.45) is 2.56. The molecule has 0 fully saturated rings. The molecule has 1 atom stereocenters. The van der Waals surface area contributed by atoms with E-state index in [4.69, 9.17) is 4.42 Å². The molecule has 0 saturated carbocycles. The maximum absolute atomic E-state index is 12.9. The van der Waals surface area contributed by atoms with Gasteiger partial charge in [-0.1, -0.05) is 36.0 Å². The number of amides is 1. The Hall–Kier alpha value is -2.54. The first-order chi connectivity index (χ1) is 13.0. The Kier molecular flexibility index (Phi) is 4.78. The van der Waals surface area contributed by atoms with Crippen LogP contribution in [0.4, 0.5) is 0 Å². The molecule has 1 amide bonds. The summed E-state index contributed by atoms with van der Waals surface area (Å²) in [6.45, 7) is 5.28. The third-order valence-electron chi connectivity index (χ3n) is 5.01. The van der Waals surface area contributed by atoms with Crippen molar-refractivity contribution in [3.05, 3.63) is 53.5 Å². The lowest BCUT2D eigenvalue weighted by molar-refractivity contribution is -0.131. The molecule has 0 radical (unpaired) electrons. The first-order valence-corrected chi connectivity index (χ1v) is 9.88. The molecule has 1 aromatic carbocycles. The summed E-state index contributed by atoms with van der Waals surface area (Å²) in [6, 6.07) is 10.2. The molecule has 4 rings (SSSR count). The number of benzene rings is 1. The molecule has 1 aliphatic rings. The van der Waals surface area contributed by atoms with E-state index in [0.29, 0.717) is 6.54 Å².